The number of amides is 1. The van der Waals surface area contributed by atoms with Crippen molar-refractivity contribution in [3.05, 3.63) is 71.5 Å². The van der Waals surface area contributed by atoms with Crippen LogP contribution in [0.1, 0.15) is 11.1 Å². The third kappa shape index (κ3) is 5.29. The predicted molar refractivity (Wildman–Crippen MR) is 94.7 cm³/mol. The summed E-state index contributed by atoms with van der Waals surface area (Å²) in [5, 5.41) is 0. The first kappa shape index (κ1) is 17.4. The van der Waals surface area contributed by atoms with Crippen LogP contribution in [0.5, 0.6) is 0 Å². The van der Waals surface area contributed by atoms with Gasteiger partial charge in [-0.3, -0.25) is 4.90 Å². The molecule has 132 valence electrons. The third-order valence-electron chi connectivity index (χ3n) is 4.47. The maximum Gasteiger partial charge on any atom is 0.410 e. The predicted octanol–water partition coefficient (Wildman–Crippen LogP) is 3.32. The molecule has 0 N–H and O–H groups in total. The van der Waals surface area contributed by atoms with Crippen LogP contribution >= 0.6 is 0 Å². The van der Waals surface area contributed by atoms with Crippen LogP contribution in [-0.4, -0.2) is 48.6 Å². The molecule has 0 spiro atoms. The van der Waals surface area contributed by atoms with E-state index in [1.165, 1.54) is 12.1 Å². The minimum Gasteiger partial charge on any atom is -0.445 e. The summed E-state index contributed by atoms with van der Waals surface area (Å²) in [5.74, 6) is -0.202. The lowest BCUT2D eigenvalue weighted by atomic mass is 10.1. The molecule has 0 aliphatic carbocycles. The van der Waals surface area contributed by atoms with Crippen LogP contribution in [0.2, 0.25) is 0 Å². The molecule has 1 saturated heterocycles. The number of benzene rings is 2. The second-order valence-corrected chi connectivity index (χ2v) is 6.25. The lowest BCUT2D eigenvalue weighted by molar-refractivity contribution is 0.0719. The highest BCUT2D eigenvalue weighted by Gasteiger charge is 2.21. The zero-order chi connectivity index (χ0) is 17.5. The van der Waals surface area contributed by atoms with E-state index < -0.39 is 0 Å². The van der Waals surface area contributed by atoms with E-state index >= 15 is 0 Å². The van der Waals surface area contributed by atoms with Crippen LogP contribution in [-0.2, 0) is 17.8 Å². The Balaban J connectivity index is 1.37. The number of carbonyl (C=O) groups excluding carboxylic acids is 1. The minimum absolute atomic E-state index is 0.202. The Morgan fingerprint density at radius 1 is 0.920 bits per heavy atom. The average Bonchev–Trinajstić information content (AvgIpc) is 2.67. The third-order valence-corrected chi connectivity index (χ3v) is 4.47. The fourth-order valence-electron chi connectivity index (χ4n) is 2.90. The standard InChI is InChI=1S/C20H23FN2O2/c21-19-8-6-17(7-9-19)10-11-22-12-14-23(15-13-22)20(24)25-16-18-4-2-1-3-5-18/h1-9H,10-16H2. The molecule has 25 heavy (non-hydrogen) atoms. The van der Waals surface area contributed by atoms with E-state index in [0.717, 1.165) is 37.2 Å². The fraction of sp³-hybridized carbons (Fsp3) is 0.350. The maximum atomic E-state index is 12.9. The molecule has 3 rings (SSSR count). The van der Waals surface area contributed by atoms with E-state index in [0.29, 0.717) is 19.7 Å². The molecule has 4 nitrogen and oxygen atoms in total. The van der Waals surface area contributed by atoms with Gasteiger partial charge in [0, 0.05) is 32.7 Å². The molecule has 2 aromatic carbocycles. The highest BCUT2D eigenvalue weighted by molar-refractivity contribution is 5.67. The molecule has 0 radical (unpaired) electrons. The SMILES string of the molecule is O=C(OCc1ccccc1)N1CCN(CCc2ccc(F)cc2)CC1. The quantitative estimate of drug-likeness (QED) is 0.836. The Morgan fingerprint density at radius 2 is 1.60 bits per heavy atom. The van der Waals surface area contributed by atoms with Gasteiger partial charge in [-0.2, -0.15) is 0 Å². The monoisotopic (exact) mass is 342 g/mol. The van der Waals surface area contributed by atoms with E-state index in [1.807, 2.05) is 42.5 Å². The van der Waals surface area contributed by atoms with Crippen LogP contribution in [0.3, 0.4) is 0 Å². The number of hydrogen-bond acceptors (Lipinski definition) is 3. The van der Waals surface area contributed by atoms with Gasteiger partial charge in [-0.25, -0.2) is 9.18 Å². The molecular weight excluding hydrogens is 319 g/mol. The van der Waals surface area contributed by atoms with Gasteiger partial charge in [0.15, 0.2) is 0 Å². The van der Waals surface area contributed by atoms with Gasteiger partial charge in [-0.1, -0.05) is 42.5 Å². The zero-order valence-corrected chi connectivity index (χ0v) is 14.2. The molecular formula is C20H23FN2O2. The Morgan fingerprint density at radius 3 is 2.28 bits per heavy atom. The van der Waals surface area contributed by atoms with Gasteiger partial charge in [0.1, 0.15) is 12.4 Å². The minimum atomic E-state index is -0.248. The molecule has 2 aromatic rings. The van der Waals surface area contributed by atoms with Crippen LogP contribution in [0.25, 0.3) is 0 Å². The van der Waals surface area contributed by atoms with Crippen molar-refractivity contribution in [1.82, 2.24) is 9.80 Å². The Hall–Kier alpha value is -2.40. The number of nitrogens with zero attached hydrogens (tertiary/aromatic N) is 2. The Kier molecular flexibility index (Phi) is 6.01. The highest BCUT2D eigenvalue weighted by Crippen LogP contribution is 2.09. The normalized spacial score (nSPS) is 15.2. The van der Waals surface area contributed by atoms with Crippen LogP contribution in [0.15, 0.2) is 54.6 Å². The zero-order valence-electron chi connectivity index (χ0n) is 14.2. The second kappa shape index (κ2) is 8.62. The number of piperazine rings is 1. The molecule has 5 heteroatoms. The largest absolute Gasteiger partial charge is 0.445 e. The molecule has 1 aliphatic rings. The van der Waals surface area contributed by atoms with Crippen molar-refractivity contribution in [3.8, 4) is 0 Å². The van der Waals surface area contributed by atoms with E-state index in [2.05, 4.69) is 4.90 Å². The molecule has 1 fully saturated rings. The smallest absolute Gasteiger partial charge is 0.410 e. The van der Waals surface area contributed by atoms with Gasteiger partial charge in [0.05, 0.1) is 0 Å². The highest BCUT2D eigenvalue weighted by atomic mass is 19.1. The summed E-state index contributed by atoms with van der Waals surface area (Å²) in [4.78, 5) is 16.2. The van der Waals surface area contributed by atoms with Crippen LogP contribution in [0, 0.1) is 5.82 Å². The molecule has 0 unspecified atom stereocenters. The molecule has 0 saturated carbocycles. The van der Waals surface area contributed by atoms with Gasteiger partial charge < -0.3 is 9.64 Å². The first-order valence-corrected chi connectivity index (χ1v) is 8.63. The first-order valence-electron chi connectivity index (χ1n) is 8.63. The number of carbonyl (C=O) groups is 1. The second-order valence-electron chi connectivity index (χ2n) is 6.25. The van der Waals surface area contributed by atoms with E-state index in [4.69, 9.17) is 4.74 Å². The molecule has 0 aromatic heterocycles. The topological polar surface area (TPSA) is 32.8 Å². The van der Waals surface area contributed by atoms with Crippen molar-refractivity contribution < 1.29 is 13.9 Å². The van der Waals surface area contributed by atoms with Crippen LogP contribution < -0.4 is 0 Å². The van der Waals surface area contributed by atoms with E-state index in [1.54, 1.807) is 4.90 Å². The summed E-state index contributed by atoms with van der Waals surface area (Å²) in [6.07, 6.45) is 0.640. The summed E-state index contributed by atoms with van der Waals surface area (Å²) in [6, 6.07) is 16.3. The van der Waals surface area contributed by atoms with Crippen molar-refractivity contribution >= 4 is 6.09 Å². The van der Waals surface area contributed by atoms with Gasteiger partial charge >= 0.3 is 6.09 Å². The van der Waals surface area contributed by atoms with Crippen LogP contribution in [0.4, 0.5) is 9.18 Å². The number of halogens is 1. The molecule has 1 aliphatic heterocycles. The number of rotatable bonds is 5. The molecule has 0 atom stereocenters. The summed E-state index contributed by atoms with van der Waals surface area (Å²) >= 11 is 0. The van der Waals surface area contributed by atoms with E-state index in [9.17, 15) is 9.18 Å². The first-order chi connectivity index (χ1) is 12.2. The van der Waals surface area contributed by atoms with Crippen molar-refractivity contribution in [3.63, 3.8) is 0 Å². The average molecular weight is 342 g/mol. The van der Waals surface area contributed by atoms with Crippen molar-refractivity contribution in [2.75, 3.05) is 32.7 Å². The molecule has 1 heterocycles. The summed E-state index contributed by atoms with van der Waals surface area (Å²) in [5.41, 5.74) is 2.12. The van der Waals surface area contributed by atoms with Crippen molar-refractivity contribution in [2.24, 2.45) is 0 Å². The van der Waals surface area contributed by atoms with Crippen molar-refractivity contribution in [1.29, 1.82) is 0 Å². The summed E-state index contributed by atoms with van der Waals surface area (Å²) < 4.78 is 18.3. The summed E-state index contributed by atoms with van der Waals surface area (Å²) in [7, 11) is 0. The maximum absolute atomic E-state index is 12.9. The van der Waals surface area contributed by atoms with Crippen molar-refractivity contribution in [2.45, 2.75) is 13.0 Å². The lowest BCUT2D eigenvalue weighted by Crippen LogP contribution is -2.49. The lowest BCUT2D eigenvalue weighted by Gasteiger charge is -2.34. The number of hydrogen-bond donors (Lipinski definition) is 0. The molecule has 0 bridgehead atoms. The van der Waals surface area contributed by atoms with E-state index in [-0.39, 0.29) is 11.9 Å². The van der Waals surface area contributed by atoms with Gasteiger partial charge in [-0.05, 0) is 29.7 Å². The Labute approximate surface area is 147 Å². The fourth-order valence-corrected chi connectivity index (χ4v) is 2.90. The summed E-state index contributed by atoms with van der Waals surface area (Å²) in [6.45, 7) is 4.25. The van der Waals surface area contributed by atoms with Gasteiger partial charge in [0.2, 0.25) is 0 Å². The Bertz CT molecular complexity index is 668. The molecule has 1 amide bonds. The number of ether oxygens (including phenoxy) is 1. The van der Waals surface area contributed by atoms with Gasteiger partial charge in [0.25, 0.3) is 0 Å². The van der Waals surface area contributed by atoms with Gasteiger partial charge in [-0.15, -0.1) is 0 Å².